The van der Waals surface area contributed by atoms with Crippen molar-refractivity contribution in [1.82, 2.24) is 20.1 Å². The monoisotopic (exact) mass is 484 g/mol. The predicted molar refractivity (Wildman–Crippen MR) is 120 cm³/mol. The average Bonchev–Trinajstić information content (AvgIpc) is 3.38. The molecule has 10 heteroatoms. The maximum absolute atomic E-state index is 14.4. The van der Waals surface area contributed by atoms with Gasteiger partial charge >= 0.3 is 6.18 Å². The van der Waals surface area contributed by atoms with Crippen LogP contribution in [0.2, 0.25) is 0 Å². The van der Waals surface area contributed by atoms with Crippen LogP contribution in [0.15, 0.2) is 54.6 Å². The lowest BCUT2D eigenvalue weighted by atomic mass is 10.0. The van der Waals surface area contributed by atoms with E-state index >= 15 is 0 Å². The van der Waals surface area contributed by atoms with E-state index in [0.29, 0.717) is 6.07 Å². The Morgan fingerprint density at radius 2 is 1.91 bits per heavy atom. The number of halogens is 4. The van der Waals surface area contributed by atoms with Crippen molar-refractivity contribution in [2.75, 3.05) is 6.61 Å². The van der Waals surface area contributed by atoms with Crippen LogP contribution in [0.1, 0.15) is 29.2 Å². The van der Waals surface area contributed by atoms with Crippen molar-refractivity contribution >= 4 is 16.9 Å². The van der Waals surface area contributed by atoms with Gasteiger partial charge in [0.1, 0.15) is 11.5 Å². The summed E-state index contributed by atoms with van der Waals surface area (Å²) in [6, 6.07) is 13.8. The van der Waals surface area contributed by atoms with Crippen LogP contribution >= 0.6 is 0 Å². The molecule has 35 heavy (non-hydrogen) atoms. The number of rotatable bonds is 5. The van der Waals surface area contributed by atoms with Gasteiger partial charge in [0.15, 0.2) is 12.3 Å². The highest BCUT2D eigenvalue weighted by Gasteiger charge is 2.37. The standard InChI is InChI=1S/C25H20F4N4O2/c1-33-24-22(23(32-33)16-8-4-5-9-18(16)26)17(25(27,28)29)12-21(31-24)35-13-20(34)30-19-11-10-14-6-2-3-7-15(14)19/h2-9,12,19H,10-11,13H2,1H3,(H,30,34)/t19-/m0/s1. The van der Waals surface area contributed by atoms with Crippen molar-refractivity contribution in [3.05, 3.63) is 77.1 Å². The van der Waals surface area contributed by atoms with Gasteiger partial charge in [-0.2, -0.15) is 23.3 Å². The second-order valence-corrected chi connectivity index (χ2v) is 8.30. The molecule has 0 saturated heterocycles. The molecular formula is C25H20F4N4O2. The minimum absolute atomic E-state index is 0.0738. The first-order valence-electron chi connectivity index (χ1n) is 10.9. The Bertz CT molecular complexity index is 1430. The van der Waals surface area contributed by atoms with E-state index in [-0.39, 0.29) is 34.2 Å². The summed E-state index contributed by atoms with van der Waals surface area (Å²) in [5.74, 6) is -1.56. The molecule has 0 bridgehead atoms. The van der Waals surface area contributed by atoms with E-state index in [1.807, 2.05) is 24.3 Å². The smallest absolute Gasteiger partial charge is 0.417 e. The second kappa shape index (κ2) is 8.68. The molecule has 2 aromatic carbocycles. The molecule has 1 aliphatic carbocycles. The Morgan fingerprint density at radius 1 is 1.17 bits per heavy atom. The third kappa shape index (κ3) is 4.31. The minimum Gasteiger partial charge on any atom is -0.467 e. The number of nitrogens with one attached hydrogen (secondary N) is 1. The predicted octanol–water partition coefficient (Wildman–Crippen LogP) is 4.98. The molecule has 0 fully saturated rings. The molecule has 0 radical (unpaired) electrons. The first-order valence-corrected chi connectivity index (χ1v) is 10.9. The molecule has 0 aliphatic heterocycles. The lowest BCUT2D eigenvalue weighted by molar-refractivity contribution is -0.136. The largest absolute Gasteiger partial charge is 0.467 e. The van der Waals surface area contributed by atoms with Gasteiger partial charge in [0.25, 0.3) is 5.91 Å². The first-order chi connectivity index (χ1) is 16.7. The number of carbonyl (C=O) groups excluding carboxylic acids is 1. The van der Waals surface area contributed by atoms with Crippen molar-refractivity contribution < 1.29 is 27.1 Å². The van der Waals surface area contributed by atoms with E-state index in [9.17, 15) is 22.4 Å². The summed E-state index contributed by atoms with van der Waals surface area (Å²) in [4.78, 5) is 16.6. The van der Waals surface area contributed by atoms with E-state index in [1.54, 1.807) is 0 Å². The van der Waals surface area contributed by atoms with Gasteiger partial charge in [-0.3, -0.25) is 4.79 Å². The van der Waals surface area contributed by atoms with Crippen LogP contribution in [0.4, 0.5) is 17.6 Å². The molecule has 1 atom stereocenters. The molecule has 5 rings (SSSR count). The third-order valence-corrected chi connectivity index (χ3v) is 6.02. The number of hydrogen-bond donors (Lipinski definition) is 1. The molecule has 1 N–H and O–H groups in total. The number of benzene rings is 2. The summed E-state index contributed by atoms with van der Waals surface area (Å²) in [7, 11) is 1.41. The number of fused-ring (bicyclic) bond motifs is 2. The van der Waals surface area contributed by atoms with Crippen LogP contribution in [0, 0.1) is 5.82 Å². The molecule has 6 nitrogen and oxygen atoms in total. The van der Waals surface area contributed by atoms with Crippen LogP contribution < -0.4 is 10.1 Å². The Balaban J connectivity index is 1.43. The van der Waals surface area contributed by atoms with Gasteiger partial charge in [-0.05, 0) is 36.1 Å². The lowest BCUT2D eigenvalue weighted by Crippen LogP contribution is -2.31. The van der Waals surface area contributed by atoms with Gasteiger partial charge < -0.3 is 10.1 Å². The van der Waals surface area contributed by atoms with Crippen LogP contribution in [0.25, 0.3) is 22.3 Å². The maximum Gasteiger partial charge on any atom is 0.417 e. The molecule has 0 saturated carbocycles. The highest BCUT2D eigenvalue weighted by molar-refractivity contribution is 5.95. The van der Waals surface area contributed by atoms with Gasteiger partial charge in [0.2, 0.25) is 5.88 Å². The minimum atomic E-state index is -4.79. The molecule has 1 amide bonds. The van der Waals surface area contributed by atoms with Gasteiger partial charge in [-0.15, -0.1) is 0 Å². The van der Waals surface area contributed by atoms with E-state index in [1.165, 1.54) is 25.2 Å². The number of pyridine rings is 1. The normalized spacial score (nSPS) is 15.3. The summed E-state index contributed by atoms with van der Waals surface area (Å²) in [6.45, 7) is -0.507. The zero-order valence-electron chi connectivity index (χ0n) is 18.6. The molecule has 1 aliphatic rings. The molecule has 4 aromatic rings. The van der Waals surface area contributed by atoms with Crippen LogP contribution in [0.5, 0.6) is 5.88 Å². The molecule has 180 valence electrons. The van der Waals surface area contributed by atoms with E-state index in [2.05, 4.69) is 15.4 Å². The number of alkyl halides is 3. The Kier molecular flexibility index (Phi) is 5.66. The average molecular weight is 484 g/mol. The summed E-state index contributed by atoms with van der Waals surface area (Å²) >= 11 is 0. The Hall–Kier alpha value is -3.95. The summed E-state index contributed by atoms with van der Waals surface area (Å²) in [6.07, 6.45) is -3.22. The van der Waals surface area contributed by atoms with E-state index in [0.717, 1.165) is 34.7 Å². The molecule has 0 unspecified atom stereocenters. The number of aromatic nitrogens is 3. The highest BCUT2D eigenvalue weighted by atomic mass is 19.4. The summed E-state index contributed by atoms with van der Waals surface area (Å²) in [5, 5.41) is 6.61. The lowest BCUT2D eigenvalue weighted by Gasteiger charge is -2.15. The van der Waals surface area contributed by atoms with Gasteiger partial charge in [-0.25, -0.2) is 9.07 Å². The molecule has 2 aromatic heterocycles. The number of amides is 1. The topological polar surface area (TPSA) is 69.0 Å². The fourth-order valence-electron chi connectivity index (χ4n) is 4.45. The third-order valence-electron chi connectivity index (χ3n) is 6.02. The van der Waals surface area contributed by atoms with E-state index < -0.39 is 30.1 Å². The Morgan fingerprint density at radius 3 is 2.69 bits per heavy atom. The van der Waals surface area contributed by atoms with Crippen molar-refractivity contribution in [2.24, 2.45) is 7.05 Å². The second-order valence-electron chi connectivity index (χ2n) is 8.30. The number of hydrogen-bond acceptors (Lipinski definition) is 4. The van der Waals surface area contributed by atoms with Crippen molar-refractivity contribution in [3.63, 3.8) is 0 Å². The van der Waals surface area contributed by atoms with Gasteiger partial charge in [0, 0.05) is 18.7 Å². The summed E-state index contributed by atoms with van der Waals surface area (Å²) < 4.78 is 62.9. The summed E-state index contributed by atoms with van der Waals surface area (Å²) in [5.41, 5.74) is 0.713. The van der Waals surface area contributed by atoms with Crippen LogP contribution in [-0.4, -0.2) is 27.3 Å². The van der Waals surface area contributed by atoms with Crippen molar-refractivity contribution in [1.29, 1.82) is 0 Å². The quantitative estimate of drug-likeness (QED) is 0.406. The molecule has 0 spiro atoms. The maximum atomic E-state index is 14.4. The Labute approximate surface area is 197 Å². The van der Waals surface area contributed by atoms with E-state index in [4.69, 9.17) is 4.74 Å². The highest BCUT2D eigenvalue weighted by Crippen LogP contribution is 2.41. The SMILES string of the molecule is Cn1nc(-c2ccccc2F)c2c(C(F)(F)F)cc(OCC(=O)N[C@H]3CCc4ccccc43)nc21. The number of carbonyl (C=O) groups is 1. The molecular weight excluding hydrogens is 464 g/mol. The van der Waals surface area contributed by atoms with Crippen LogP contribution in [-0.2, 0) is 24.4 Å². The number of nitrogens with zero attached hydrogens (tertiary/aromatic N) is 3. The zero-order chi connectivity index (χ0) is 24.7. The molecule has 2 heterocycles. The zero-order valence-corrected chi connectivity index (χ0v) is 18.6. The van der Waals surface area contributed by atoms with Crippen LogP contribution in [0.3, 0.4) is 0 Å². The first kappa shape index (κ1) is 22.8. The fourth-order valence-corrected chi connectivity index (χ4v) is 4.45. The number of ether oxygens (including phenoxy) is 1. The number of aryl methyl sites for hydroxylation is 2. The van der Waals surface area contributed by atoms with Crippen molar-refractivity contribution in [2.45, 2.75) is 25.1 Å². The fraction of sp³-hybridized carbons (Fsp3) is 0.240. The van der Waals surface area contributed by atoms with Crippen molar-refractivity contribution in [3.8, 4) is 17.1 Å². The van der Waals surface area contributed by atoms with Gasteiger partial charge in [-0.1, -0.05) is 36.4 Å². The van der Waals surface area contributed by atoms with Gasteiger partial charge in [0.05, 0.1) is 17.0 Å².